The lowest BCUT2D eigenvalue weighted by molar-refractivity contribution is -0.870. The van der Waals surface area contributed by atoms with Gasteiger partial charge in [0.25, 0.3) is 0 Å². The number of phosphoric acid groups is 1. The lowest BCUT2D eigenvalue weighted by atomic mass is 10.0. The maximum Gasteiger partial charge on any atom is 0.472 e. The number of nitrogens with zero attached hydrogens (tertiary/aromatic N) is 1. The summed E-state index contributed by atoms with van der Waals surface area (Å²) in [7, 11) is 1.56. The Hall–Kier alpha value is -2.84. The van der Waals surface area contributed by atoms with Crippen molar-refractivity contribution in [2.24, 2.45) is 0 Å². The molecule has 8 nitrogen and oxygen atoms in total. The molecule has 0 radical (unpaired) electrons. The first kappa shape index (κ1) is 74.2. The van der Waals surface area contributed by atoms with Gasteiger partial charge in [0.2, 0.25) is 5.91 Å². The second kappa shape index (κ2) is 57.8. The fourth-order valence-corrected chi connectivity index (χ4v) is 9.56. The SMILES string of the molecule is CC/C=C\C/C=C\C/C=C\C/C=C\C/C=C\C/C=C\C/C=C\C/C=C\CCCCCCCCCCCCC(=O)NC(COP(=O)(O)OCC[N+](C)(C)C)C(O)/C=C/CCCCCCCCCCCCCCCCCCCC. The molecule has 444 valence electrons. The van der Waals surface area contributed by atoms with E-state index in [-0.39, 0.29) is 19.1 Å². The first-order valence-corrected chi connectivity index (χ1v) is 33.3. The molecule has 0 aliphatic rings. The number of carbonyl (C=O) groups excluding carboxylic acids is 1. The molecule has 0 bridgehead atoms. The van der Waals surface area contributed by atoms with Gasteiger partial charge in [-0.2, -0.15) is 0 Å². The molecule has 3 unspecified atom stereocenters. The third-order valence-corrected chi connectivity index (χ3v) is 14.7. The van der Waals surface area contributed by atoms with Crippen molar-refractivity contribution in [1.82, 2.24) is 5.32 Å². The van der Waals surface area contributed by atoms with Gasteiger partial charge in [-0.3, -0.25) is 13.8 Å². The highest BCUT2D eigenvalue weighted by atomic mass is 31.2. The molecule has 0 saturated carbocycles. The second-order valence-corrected chi connectivity index (χ2v) is 23.9. The maximum atomic E-state index is 13.0. The van der Waals surface area contributed by atoms with Gasteiger partial charge in [-0.25, -0.2) is 4.57 Å². The number of aliphatic hydroxyl groups is 1. The molecule has 0 fully saturated rings. The number of amides is 1. The minimum Gasteiger partial charge on any atom is -0.387 e. The molecule has 0 aliphatic heterocycles. The number of unbranched alkanes of at least 4 members (excludes halogenated alkanes) is 28. The zero-order valence-electron chi connectivity index (χ0n) is 50.7. The minimum atomic E-state index is -4.36. The van der Waals surface area contributed by atoms with E-state index < -0.39 is 20.0 Å². The molecule has 0 saturated heterocycles. The van der Waals surface area contributed by atoms with Crippen molar-refractivity contribution in [3.8, 4) is 0 Å². The lowest BCUT2D eigenvalue weighted by Crippen LogP contribution is -2.45. The van der Waals surface area contributed by atoms with E-state index in [0.717, 1.165) is 96.3 Å². The molecule has 0 aromatic rings. The number of hydrogen-bond acceptors (Lipinski definition) is 5. The molecule has 1 amide bonds. The van der Waals surface area contributed by atoms with Crippen LogP contribution in [-0.2, 0) is 18.4 Å². The van der Waals surface area contributed by atoms with Crippen LogP contribution in [0.25, 0.3) is 0 Å². The van der Waals surface area contributed by atoms with E-state index in [0.29, 0.717) is 17.4 Å². The number of aliphatic hydroxyl groups excluding tert-OH is 1. The van der Waals surface area contributed by atoms with Gasteiger partial charge < -0.3 is 19.8 Å². The highest BCUT2D eigenvalue weighted by Crippen LogP contribution is 2.43. The zero-order chi connectivity index (χ0) is 56.3. The Labute approximate surface area is 476 Å². The van der Waals surface area contributed by atoms with E-state index >= 15 is 0 Å². The third kappa shape index (κ3) is 60.6. The first-order chi connectivity index (χ1) is 37.5. The van der Waals surface area contributed by atoms with Crippen molar-refractivity contribution in [1.29, 1.82) is 0 Å². The number of quaternary nitrogens is 1. The van der Waals surface area contributed by atoms with Crippen molar-refractivity contribution in [3.05, 3.63) is 109 Å². The minimum absolute atomic E-state index is 0.0563. The summed E-state index contributed by atoms with van der Waals surface area (Å²) in [6.07, 6.45) is 84.8. The van der Waals surface area contributed by atoms with Crippen molar-refractivity contribution in [2.45, 2.75) is 276 Å². The molecule has 0 heterocycles. The molecule has 3 N–H and O–H groups in total. The van der Waals surface area contributed by atoms with Crippen LogP contribution in [0.2, 0.25) is 0 Å². The Bertz CT molecular complexity index is 1620. The van der Waals surface area contributed by atoms with Crippen LogP contribution >= 0.6 is 7.82 Å². The molecule has 77 heavy (non-hydrogen) atoms. The molecule has 9 heteroatoms. The second-order valence-electron chi connectivity index (χ2n) is 22.4. The van der Waals surface area contributed by atoms with Gasteiger partial charge >= 0.3 is 7.82 Å². The molecular formula is C68H122N2O6P+. The zero-order valence-corrected chi connectivity index (χ0v) is 51.6. The molecule has 0 aromatic heterocycles. The normalized spacial score (nSPS) is 14.5. The van der Waals surface area contributed by atoms with Crippen LogP contribution in [0.4, 0.5) is 0 Å². The van der Waals surface area contributed by atoms with E-state index in [1.807, 2.05) is 27.2 Å². The molecule has 0 aromatic carbocycles. The summed E-state index contributed by atoms with van der Waals surface area (Å²) >= 11 is 0. The summed E-state index contributed by atoms with van der Waals surface area (Å²) in [6.45, 7) is 4.71. The van der Waals surface area contributed by atoms with Crippen LogP contribution < -0.4 is 5.32 Å². The van der Waals surface area contributed by atoms with Gasteiger partial charge in [0, 0.05) is 6.42 Å². The van der Waals surface area contributed by atoms with Crippen molar-refractivity contribution in [2.75, 3.05) is 40.9 Å². The Kier molecular flexibility index (Phi) is 55.7. The lowest BCUT2D eigenvalue weighted by Gasteiger charge is -2.25. The summed E-state index contributed by atoms with van der Waals surface area (Å²) in [4.78, 5) is 23.4. The van der Waals surface area contributed by atoms with Gasteiger partial charge in [0.15, 0.2) is 0 Å². The predicted molar refractivity (Wildman–Crippen MR) is 336 cm³/mol. The van der Waals surface area contributed by atoms with Gasteiger partial charge in [-0.05, 0) is 83.5 Å². The number of carbonyl (C=O) groups is 1. The Morgan fingerprint density at radius 2 is 0.779 bits per heavy atom. The molecule has 0 aliphatic carbocycles. The molecule has 0 spiro atoms. The smallest absolute Gasteiger partial charge is 0.387 e. The largest absolute Gasteiger partial charge is 0.472 e. The quantitative estimate of drug-likeness (QED) is 0.0243. The van der Waals surface area contributed by atoms with Crippen LogP contribution in [0.15, 0.2) is 109 Å². The Morgan fingerprint density at radius 1 is 0.455 bits per heavy atom. The highest BCUT2D eigenvalue weighted by molar-refractivity contribution is 7.47. The van der Waals surface area contributed by atoms with Crippen molar-refractivity contribution >= 4 is 13.7 Å². The summed E-state index contributed by atoms with van der Waals surface area (Å²) < 4.78 is 23.8. The van der Waals surface area contributed by atoms with Crippen LogP contribution in [0.3, 0.4) is 0 Å². The van der Waals surface area contributed by atoms with Gasteiger partial charge in [0.1, 0.15) is 13.2 Å². The summed E-state index contributed by atoms with van der Waals surface area (Å²) in [6, 6.07) is -0.857. The molecule has 0 rings (SSSR count). The first-order valence-electron chi connectivity index (χ1n) is 31.8. The third-order valence-electron chi connectivity index (χ3n) is 13.7. The number of likely N-dealkylation sites (N-methyl/N-ethyl adjacent to an activating group) is 1. The van der Waals surface area contributed by atoms with E-state index in [9.17, 15) is 19.4 Å². The van der Waals surface area contributed by atoms with Crippen molar-refractivity contribution in [3.63, 3.8) is 0 Å². The number of hydrogen-bond donors (Lipinski definition) is 3. The van der Waals surface area contributed by atoms with E-state index in [4.69, 9.17) is 9.05 Å². The van der Waals surface area contributed by atoms with Crippen LogP contribution in [0, 0.1) is 0 Å². The van der Waals surface area contributed by atoms with Gasteiger partial charge in [-0.15, -0.1) is 0 Å². The van der Waals surface area contributed by atoms with E-state index in [1.54, 1.807) is 6.08 Å². The molecular weight excluding hydrogens is 972 g/mol. The average molecular weight is 1090 g/mol. The summed E-state index contributed by atoms with van der Waals surface area (Å²) in [5, 5.41) is 14.0. The standard InChI is InChI=1S/C68H121N2O6P/c1-6-8-10-12-14-16-18-20-22-24-26-28-29-30-31-32-33-34-35-36-37-38-39-40-41-42-44-46-48-50-52-54-56-58-60-62-68(72)69-66(65-76-77(73,74)75-64-63-70(3,4)5)67(71)61-59-57-55-53-51-49-47-45-43-27-25-23-21-19-17-15-13-11-9-7-2/h8,10,14,16,20,22,26,28,30-31,33-34,36-37,39-40,59,61,66-67,71H,6-7,9,11-13,15,17-19,21,23-25,27,29,32,35,38,41-58,60,62-65H2,1-5H3,(H-,69,72,73,74)/p+1/b10-8-,16-14-,22-20-,28-26-,31-30-,34-33-,37-36-,40-39-,61-59+. The topological polar surface area (TPSA) is 105 Å². The average Bonchev–Trinajstić information content (AvgIpc) is 3.39. The van der Waals surface area contributed by atoms with Crippen molar-refractivity contribution < 1.29 is 32.9 Å². The van der Waals surface area contributed by atoms with Crippen LogP contribution in [0.5, 0.6) is 0 Å². The van der Waals surface area contributed by atoms with E-state index in [1.165, 1.54) is 148 Å². The maximum absolute atomic E-state index is 13.0. The number of allylic oxidation sites excluding steroid dienone is 17. The highest BCUT2D eigenvalue weighted by Gasteiger charge is 2.27. The van der Waals surface area contributed by atoms with E-state index in [2.05, 4.69) is 116 Å². The molecule has 3 atom stereocenters. The van der Waals surface area contributed by atoms with Crippen LogP contribution in [-0.4, -0.2) is 73.4 Å². The Balaban J connectivity index is 4.16. The number of rotatable bonds is 57. The monoisotopic (exact) mass is 1090 g/mol. The number of nitrogens with one attached hydrogen (secondary N) is 1. The fourth-order valence-electron chi connectivity index (χ4n) is 8.82. The fraction of sp³-hybridized carbons (Fsp3) is 0.721. The van der Waals surface area contributed by atoms with Gasteiger partial charge in [0.05, 0.1) is 39.9 Å². The van der Waals surface area contributed by atoms with Gasteiger partial charge in [-0.1, -0.05) is 284 Å². The predicted octanol–water partition coefficient (Wildman–Crippen LogP) is 19.9. The Morgan fingerprint density at radius 3 is 1.14 bits per heavy atom. The number of phosphoric ester groups is 1. The van der Waals surface area contributed by atoms with Crippen LogP contribution in [0.1, 0.15) is 264 Å². The summed E-state index contributed by atoms with van der Waals surface area (Å²) in [5.74, 6) is -0.184. The summed E-state index contributed by atoms with van der Waals surface area (Å²) in [5.41, 5.74) is 0.